The molecule has 5 heteroatoms. The highest BCUT2D eigenvalue weighted by molar-refractivity contribution is 14.0. The Hall–Kier alpha value is -0.0400. The fraction of sp³-hybridized carbons (Fsp3) is 0.933. The molecule has 1 aliphatic rings. The van der Waals surface area contributed by atoms with Crippen LogP contribution in [0.5, 0.6) is 0 Å². The van der Waals surface area contributed by atoms with Crippen LogP contribution in [0.4, 0.5) is 0 Å². The lowest BCUT2D eigenvalue weighted by Crippen LogP contribution is -2.49. The molecule has 2 N–H and O–H groups in total. The Balaban J connectivity index is 0.00000361. The highest BCUT2D eigenvalue weighted by Gasteiger charge is 2.15. The summed E-state index contributed by atoms with van der Waals surface area (Å²) >= 11 is 0. The summed E-state index contributed by atoms with van der Waals surface area (Å²) in [6.07, 6.45) is 4.14. The maximum Gasteiger partial charge on any atom is 0.191 e. The summed E-state index contributed by atoms with van der Waals surface area (Å²) in [5.74, 6) is 1.55. The van der Waals surface area contributed by atoms with Crippen molar-refractivity contribution in [1.82, 2.24) is 15.5 Å². The summed E-state index contributed by atoms with van der Waals surface area (Å²) in [6, 6.07) is 0. The molecule has 1 unspecified atom stereocenters. The van der Waals surface area contributed by atoms with Crippen LogP contribution in [-0.2, 0) is 0 Å². The predicted octanol–water partition coefficient (Wildman–Crippen LogP) is 2.69. The zero-order chi connectivity index (χ0) is 14.3. The van der Waals surface area contributed by atoms with E-state index in [1.165, 1.54) is 38.9 Å². The number of nitrogens with one attached hydrogen (secondary N) is 2. The number of halogens is 1. The summed E-state index contributed by atoms with van der Waals surface area (Å²) in [6.45, 7) is 13.5. The molecule has 1 rings (SSSR count). The van der Waals surface area contributed by atoms with Crippen LogP contribution in [0.2, 0.25) is 0 Å². The maximum atomic E-state index is 4.27. The molecule has 0 aliphatic carbocycles. The average molecular weight is 396 g/mol. The monoisotopic (exact) mass is 396 g/mol. The van der Waals surface area contributed by atoms with Crippen LogP contribution in [0.1, 0.15) is 47.0 Å². The second-order valence-electron chi connectivity index (χ2n) is 6.79. The molecule has 120 valence electrons. The Morgan fingerprint density at radius 2 is 1.80 bits per heavy atom. The molecule has 20 heavy (non-hydrogen) atoms. The van der Waals surface area contributed by atoms with Gasteiger partial charge in [-0.15, -0.1) is 24.0 Å². The Morgan fingerprint density at radius 1 is 1.20 bits per heavy atom. The van der Waals surface area contributed by atoms with Crippen molar-refractivity contribution in [2.75, 3.05) is 33.2 Å². The zero-order valence-corrected chi connectivity index (χ0v) is 16.2. The minimum absolute atomic E-state index is 0. The zero-order valence-electron chi connectivity index (χ0n) is 13.8. The van der Waals surface area contributed by atoms with E-state index in [0.717, 1.165) is 12.5 Å². The Labute approximate surface area is 142 Å². The second-order valence-corrected chi connectivity index (χ2v) is 6.79. The molecular weight excluding hydrogens is 363 g/mol. The Bertz CT molecular complexity index is 280. The maximum absolute atomic E-state index is 4.27. The van der Waals surface area contributed by atoms with Gasteiger partial charge in [0.15, 0.2) is 5.96 Å². The first-order valence-corrected chi connectivity index (χ1v) is 7.62. The van der Waals surface area contributed by atoms with Crippen LogP contribution in [0.3, 0.4) is 0 Å². The van der Waals surface area contributed by atoms with Gasteiger partial charge in [0.2, 0.25) is 0 Å². The van der Waals surface area contributed by atoms with E-state index in [-0.39, 0.29) is 29.5 Å². The summed E-state index contributed by atoms with van der Waals surface area (Å²) in [7, 11) is 1.83. The molecule has 0 aromatic carbocycles. The van der Waals surface area contributed by atoms with Crippen molar-refractivity contribution >= 4 is 29.9 Å². The first-order valence-electron chi connectivity index (χ1n) is 7.62. The number of likely N-dealkylation sites (tertiary alicyclic amines) is 1. The number of hydrogen-bond donors (Lipinski definition) is 2. The van der Waals surface area contributed by atoms with E-state index in [1.54, 1.807) is 0 Å². The molecule has 0 aromatic rings. The van der Waals surface area contributed by atoms with E-state index in [9.17, 15) is 0 Å². The predicted molar refractivity (Wildman–Crippen MR) is 99.1 cm³/mol. The molecule has 1 atom stereocenters. The molecule has 0 radical (unpaired) electrons. The third-order valence-corrected chi connectivity index (χ3v) is 3.35. The van der Waals surface area contributed by atoms with E-state index < -0.39 is 0 Å². The number of nitrogens with zero attached hydrogens (tertiary/aromatic N) is 2. The highest BCUT2D eigenvalue weighted by Crippen LogP contribution is 2.10. The van der Waals surface area contributed by atoms with Gasteiger partial charge in [-0.2, -0.15) is 0 Å². The molecule has 1 fully saturated rings. The molecule has 1 aliphatic heterocycles. The van der Waals surface area contributed by atoms with Gasteiger partial charge >= 0.3 is 0 Å². The molecular formula is C15H33IN4. The molecule has 0 saturated carbocycles. The average Bonchev–Trinajstić information content (AvgIpc) is 2.34. The largest absolute Gasteiger partial charge is 0.356 e. The quantitative estimate of drug-likeness (QED) is 0.436. The lowest BCUT2D eigenvalue weighted by molar-refractivity contribution is 0.201. The van der Waals surface area contributed by atoms with Gasteiger partial charge in [0, 0.05) is 25.7 Å². The van der Waals surface area contributed by atoms with Crippen molar-refractivity contribution in [2.45, 2.75) is 52.5 Å². The minimum Gasteiger partial charge on any atom is -0.356 e. The molecule has 0 spiro atoms. The van der Waals surface area contributed by atoms with E-state index in [0.29, 0.717) is 5.92 Å². The standard InChI is InChI=1S/C15H32N4.HI/c1-13(12-19-9-7-6-8-10-19)11-17-14(16-5)18-15(2,3)4;/h13H,6-12H2,1-5H3,(H2,16,17,18);1H. The van der Waals surface area contributed by atoms with Crippen LogP contribution in [0.25, 0.3) is 0 Å². The first-order chi connectivity index (χ1) is 8.90. The third kappa shape index (κ3) is 9.00. The minimum atomic E-state index is 0. The van der Waals surface area contributed by atoms with Crippen molar-refractivity contribution in [2.24, 2.45) is 10.9 Å². The topological polar surface area (TPSA) is 39.7 Å². The summed E-state index contributed by atoms with van der Waals surface area (Å²) < 4.78 is 0. The van der Waals surface area contributed by atoms with Crippen LogP contribution in [-0.4, -0.2) is 49.6 Å². The first kappa shape index (κ1) is 20.0. The van der Waals surface area contributed by atoms with Gasteiger partial charge in [-0.3, -0.25) is 4.99 Å². The number of rotatable bonds is 4. The normalized spacial score (nSPS) is 19.1. The summed E-state index contributed by atoms with van der Waals surface area (Å²) in [5, 5.41) is 6.82. The van der Waals surface area contributed by atoms with Crippen LogP contribution in [0, 0.1) is 5.92 Å². The van der Waals surface area contributed by atoms with Gasteiger partial charge in [0.05, 0.1) is 0 Å². The fourth-order valence-electron chi connectivity index (χ4n) is 2.45. The molecule has 0 bridgehead atoms. The molecule has 1 heterocycles. The second kappa shape index (κ2) is 9.82. The SMILES string of the molecule is CN=C(NCC(C)CN1CCCCC1)NC(C)(C)C.I. The summed E-state index contributed by atoms with van der Waals surface area (Å²) in [5.41, 5.74) is 0.0535. The van der Waals surface area contributed by atoms with Gasteiger partial charge in [-0.25, -0.2) is 0 Å². The van der Waals surface area contributed by atoms with Gasteiger partial charge in [-0.1, -0.05) is 13.3 Å². The number of aliphatic imine (C=N–C) groups is 1. The smallest absolute Gasteiger partial charge is 0.191 e. The Morgan fingerprint density at radius 3 is 2.30 bits per heavy atom. The molecule has 1 saturated heterocycles. The number of guanidine groups is 1. The third-order valence-electron chi connectivity index (χ3n) is 3.35. The summed E-state index contributed by atoms with van der Waals surface area (Å²) in [4.78, 5) is 6.87. The van der Waals surface area contributed by atoms with Crippen molar-refractivity contribution < 1.29 is 0 Å². The van der Waals surface area contributed by atoms with Crippen LogP contribution < -0.4 is 10.6 Å². The molecule has 0 amide bonds. The van der Waals surface area contributed by atoms with Crippen LogP contribution >= 0.6 is 24.0 Å². The lowest BCUT2D eigenvalue weighted by Gasteiger charge is -2.30. The highest BCUT2D eigenvalue weighted by atomic mass is 127. The van der Waals surface area contributed by atoms with Crippen molar-refractivity contribution in [3.05, 3.63) is 0 Å². The van der Waals surface area contributed by atoms with Gasteiger partial charge in [0.25, 0.3) is 0 Å². The van der Waals surface area contributed by atoms with E-state index >= 15 is 0 Å². The van der Waals surface area contributed by atoms with Crippen molar-refractivity contribution in [3.8, 4) is 0 Å². The van der Waals surface area contributed by atoms with E-state index in [1.807, 2.05) is 7.05 Å². The Kier molecular flexibility index (Phi) is 9.80. The van der Waals surface area contributed by atoms with E-state index in [4.69, 9.17) is 0 Å². The van der Waals surface area contributed by atoms with Crippen LogP contribution in [0.15, 0.2) is 4.99 Å². The molecule has 0 aromatic heterocycles. The van der Waals surface area contributed by atoms with Crippen molar-refractivity contribution in [1.29, 1.82) is 0 Å². The fourth-order valence-corrected chi connectivity index (χ4v) is 2.45. The number of hydrogen-bond acceptors (Lipinski definition) is 2. The molecule has 4 nitrogen and oxygen atoms in total. The van der Waals surface area contributed by atoms with Crippen molar-refractivity contribution in [3.63, 3.8) is 0 Å². The van der Waals surface area contributed by atoms with Gasteiger partial charge in [-0.05, 0) is 52.6 Å². The number of piperidine rings is 1. The lowest BCUT2D eigenvalue weighted by atomic mass is 10.1. The van der Waals surface area contributed by atoms with E-state index in [2.05, 4.69) is 48.2 Å². The van der Waals surface area contributed by atoms with Gasteiger partial charge in [0.1, 0.15) is 0 Å². The van der Waals surface area contributed by atoms with Gasteiger partial charge < -0.3 is 15.5 Å².